The van der Waals surface area contributed by atoms with Crippen molar-refractivity contribution in [3.63, 3.8) is 0 Å². The summed E-state index contributed by atoms with van der Waals surface area (Å²) in [5.74, 6) is 0. The van der Waals surface area contributed by atoms with Gasteiger partial charge in [-0.2, -0.15) is 0 Å². The third-order valence-corrected chi connectivity index (χ3v) is 23.5. The van der Waals surface area contributed by atoms with Crippen molar-refractivity contribution in [1.29, 1.82) is 0 Å². The van der Waals surface area contributed by atoms with Crippen LogP contribution in [0.15, 0.2) is 421 Å². The van der Waals surface area contributed by atoms with E-state index in [4.69, 9.17) is 8.83 Å². The summed E-state index contributed by atoms with van der Waals surface area (Å²) in [6, 6.07) is 151. The predicted molar refractivity (Wildman–Crippen MR) is 479 cm³/mol. The number of hydrogen-bond acceptors (Lipinski definition) is 4. The van der Waals surface area contributed by atoms with Gasteiger partial charge in [0.15, 0.2) is 0 Å². The smallest absolute Gasteiger partial charge is 0.143 e. The molecule has 6 heteroatoms. The van der Waals surface area contributed by atoms with E-state index in [0.717, 1.165) is 178 Å². The highest BCUT2D eigenvalue weighted by Crippen LogP contribution is 2.53. The van der Waals surface area contributed by atoms with E-state index >= 15 is 0 Å². The van der Waals surface area contributed by atoms with Gasteiger partial charge in [0.05, 0.1) is 61.9 Å². The van der Waals surface area contributed by atoms with Crippen molar-refractivity contribution in [2.24, 2.45) is 0 Å². The van der Waals surface area contributed by atoms with E-state index in [0.29, 0.717) is 0 Å². The highest BCUT2D eigenvalue weighted by atomic mass is 16.3. The van der Waals surface area contributed by atoms with Crippen LogP contribution in [-0.2, 0) is 0 Å². The minimum absolute atomic E-state index is 0.817. The maximum Gasteiger partial charge on any atom is 0.143 e. The van der Waals surface area contributed by atoms with E-state index in [2.05, 4.69) is 425 Å². The first-order valence-corrected chi connectivity index (χ1v) is 39.0. The Kier molecular flexibility index (Phi) is 14.9. The van der Waals surface area contributed by atoms with Crippen LogP contribution in [0.1, 0.15) is 0 Å². The van der Waals surface area contributed by atoms with Gasteiger partial charge in [0.2, 0.25) is 0 Å². The molecule has 0 N–H and O–H groups in total. The van der Waals surface area contributed by atoms with Crippen molar-refractivity contribution in [1.82, 2.24) is 9.13 Å². The van der Waals surface area contributed by atoms with E-state index in [9.17, 15) is 0 Å². The fourth-order valence-corrected chi connectivity index (χ4v) is 18.5. The van der Waals surface area contributed by atoms with Crippen LogP contribution in [0.5, 0.6) is 0 Å². The average molecular weight is 1450 g/mol. The summed E-state index contributed by atoms with van der Waals surface area (Å²) in [6.07, 6.45) is 0. The molecule has 0 unspecified atom stereocenters. The zero-order chi connectivity index (χ0) is 74.9. The number of benzene rings is 19. The molecule has 0 saturated carbocycles. The Morgan fingerprint density at radius 2 is 0.570 bits per heavy atom. The zero-order valence-electron chi connectivity index (χ0n) is 61.9. The van der Waals surface area contributed by atoms with Gasteiger partial charge >= 0.3 is 0 Å². The molecule has 0 bridgehead atoms. The maximum absolute atomic E-state index is 7.29. The Morgan fingerprint density at radius 3 is 1.18 bits per heavy atom. The lowest BCUT2D eigenvalue weighted by atomic mass is 9.95. The van der Waals surface area contributed by atoms with Crippen LogP contribution in [0.25, 0.3) is 187 Å². The fraction of sp³-hybridized carbons (Fsp3) is 0. The molecule has 6 nitrogen and oxygen atoms in total. The van der Waals surface area contributed by atoms with Gasteiger partial charge in [-0.3, -0.25) is 0 Å². The molecule has 0 radical (unpaired) electrons. The van der Waals surface area contributed by atoms with Gasteiger partial charge in [-0.15, -0.1) is 0 Å². The lowest BCUT2D eigenvalue weighted by molar-refractivity contribution is 0.669. The van der Waals surface area contributed by atoms with Crippen molar-refractivity contribution in [2.75, 3.05) is 9.80 Å². The van der Waals surface area contributed by atoms with Gasteiger partial charge in [-0.05, 0) is 135 Å². The number of para-hydroxylation sites is 12. The van der Waals surface area contributed by atoms with Gasteiger partial charge in [0, 0.05) is 98.7 Å². The summed E-state index contributed by atoms with van der Waals surface area (Å²) in [7, 11) is 0. The molecule has 19 aromatic carbocycles. The normalized spacial score (nSPS) is 11.9. The second-order valence-corrected chi connectivity index (χ2v) is 29.7. The molecule has 532 valence electrons. The Bertz CT molecular complexity index is 7810. The number of rotatable bonds is 13. The first kappa shape index (κ1) is 64.7. The van der Waals surface area contributed by atoms with E-state index in [1.54, 1.807) is 0 Å². The van der Waals surface area contributed by atoms with Crippen molar-refractivity contribution in [2.45, 2.75) is 0 Å². The Morgan fingerprint density at radius 1 is 0.193 bits per heavy atom. The highest BCUT2D eigenvalue weighted by molar-refractivity contribution is 6.19. The molecule has 0 saturated heterocycles. The molecule has 23 aromatic rings. The lowest BCUT2D eigenvalue weighted by Crippen LogP contribution is -2.13. The SMILES string of the molecule is c1ccc(N(c2ccc3ccccc3c2)c2ccccc2-c2cccc3c2oc2ccccc23)c(-c2ccccc2-n2c3ccccc3c3ccc(-c4ccc5oc6c(-c7ccccc7N(c7ccccc7-c7ccccc7-n7c8ccccc8c8ccccc87)c7cccc8ccc9ccccc9c78)cccc6c5c4)cc32)c1. The van der Waals surface area contributed by atoms with E-state index in [1.165, 1.54) is 43.1 Å². The third-order valence-electron chi connectivity index (χ3n) is 23.5. The molecule has 23 rings (SSSR count). The summed E-state index contributed by atoms with van der Waals surface area (Å²) in [5.41, 5.74) is 27.0. The molecular formula is C108H68N4O2. The molecule has 0 aliphatic heterocycles. The summed E-state index contributed by atoms with van der Waals surface area (Å²) in [4.78, 5) is 4.97. The van der Waals surface area contributed by atoms with Gasteiger partial charge in [0.25, 0.3) is 0 Å². The molecule has 0 spiro atoms. The Hall–Kier alpha value is -15.2. The predicted octanol–water partition coefficient (Wildman–Crippen LogP) is 30.4. The Balaban J connectivity index is 0.671. The third kappa shape index (κ3) is 10.2. The van der Waals surface area contributed by atoms with E-state index < -0.39 is 0 Å². The summed E-state index contributed by atoms with van der Waals surface area (Å²) < 4.78 is 19.0. The van der Waals surface area contributed by atoms with Gasteiger partial charge in [-0.25, -0.2) is 0 Å². The van der Waals surface area contributed by atoms with Gasteiger partial charge in [-0.1, -0.05) is 315 Å². The van der Waals surface area contributed by atoms with Gasteiger partial charge < -0.3 is 27.8 Å². The molecule has 0 amide bonds. The fourth-order valence-electron chi connectivity index (χ4n) is 18.5. The Labute approximate surface area is 657 Å². The molecule has 0 aliphatic rings. The van der Waals surface area contributed by atoms with Crippen molar-refractivity contribution < 1.29 is 8.83 Å². The quantitative estimate of drug-likeness (QED) is 0.108. The second kappa shape index (κ2) is 26.2. The van der Waals surface area contributed by atoms with E-state index in [1.807, 2.05) is 6.07 Å². The number of hydrogen-bond donors (Lipinski definition) is 0. The minimum atomic E-state index is 0.817. The van der Waals surface area contributed by atoms with Crippen LogP contribution < -0.4 is 9.80 Å². The van der Waals surface area contributed by atoms with Crippen LogP contribution in [0.2, 0.25) is 0 Å². The van der Waals surface area contributed by atoms with Crippen LogP contribution in [0.3, 0.4) is 0 Å². The average Bonchev–Trinajstić information content (AvgIpc) is 1.28. The first-order valence-electron chi connectivity index (χ1n) is 39.0. The number of anilines is 6. The van der Waals surface area contributed by atoms with Crippen LogP contribution in [0, 0.1) is 0 Å². The number of furan rings is 2. The first-order chi connectivity index (χ1) is 56.6. The highest BCUT2D eigenvalue weighted by Gasteiger charge is 2.29. The summed E-state index contributed by atoms with van der Waals surface area (Å²) in [6.45, 7) is 0. The molecule has 0 aliphatic carbocycles. The zero-order valence-corrected chi connectivity index (χ0v) is 61.9. The monoisotopic (exact) mass is 1450 g/mol. The molecule has 0 atom stereocenters. The van der Waals surface area contributed by atoms with Crippen molar-refractivity contribution in [3.05, 3.63) is 413 Å². The molecule has 4 aromatic heterocycles. The largest absolute Gasteiger partial charge is 0.455 e. The number of aromatic nitrogens is 2. The van der Waals surface area contributed by atoms with Crippen LogP contribution in [-0.4, -0.2) is 9.13 Å². The minimum Gasteiger partial charge on any atom is -0.455 e. The number of nitrogens with zero attached hydrogens (tertiary/aromatic N) is 4. The van der Waals surface area contributed by atoms with Crippen LogP contribution in [0.4, 0.5) is 34.1 Å². The molecule has 0 fully saturated rings. The summed E-state index contributed by atoms with van der Waals surface area (Å²) in [5, 5.41) is 16.1. The van der Waals surface area contributed by atoms with Gasteiger partial charge in [0.1, 0.15) is 22.3 Å². The topological polar surface area (TPSA) is 42.6 Å². The lowest BCUT2D eigenvalue weighted by Gasteiger charge is -2.31. The second-order valence-electron chi connectivity index (χ2n) is 29.7. The summed E-state index contributed by atoms with van der Waals surface area (Å²) >= 11 is 0. The van der Waals surface area contributed by atoms with Crippen molar-refractivity contribution >= 4 is 154 Å². The molecular weight excluding hydrogens is 1390 g/mol. The maximum atomic E-state index is 7.29. The van der Waals surface area contributed by atoms with Crippen LogP contribution >= 0.6 is 0 Å². The van der Waals surface area contributed by atoms with Crippen molar-refractivity contribution in [3.8, 4) is 67.0 Å². The molecule has 4 heterocycles. The van der Waals surface area contributed by atoms with E-state index in [-0.39, 0.29) is 0 Å². The number of fused-ring (bicyclic) bond motifs is 16. The standard InChI is InChI=1S/C108H68N4O2/c1-2-30-72-66-75(63-60-69(72)28-1)109(94-48-16-12-40-84(94)88-43-26-45-90-87-42-14-24-57-104(87)113-107(88)90)93-47-15-5-33-77(93)78-34-10-21-53-99(78)112-100-54-22-11-39-83(100)86-64-61-74(68-103(86)112)73-62-65-105-92(67-73)91-46-27-44-89(108(91)114-105)85-41-13-23-55-101(85)111(102-56-25-31-71-59-58-70-29-3-4-32-76(70)106(71)102)98-52-20-9-38-82(98)81-37-8-19-51-97(81)110-95-49-17-6-35-79(95)80-36-7-18-50-96(80)110/h1-68H. The molecule has 114 heavy (non-hydrogen) atoms.